The second kappa shape index (κ2) is 7.02. The van der Waals surface area contributed by atoms with Crippen molar-refractivity contribution in [2.45, 2.75) is 47.0 Å². The van der Waals surface area contributed by atoms with Gasteiger partial charge in [0.25, 0.3) is 0 Å². The molecule has 112 valence electrons. The Hall–Kier alpha value is -1.16. The number of hydrogen-bond acceptors (Lipinski definition) is 4. The Morgan fingerprint density at radius 2 is 1.70 bits per heavy atom. The maximum atomic E-state index is 4.72. The summed E-state index contributed by atoms with van der Waals surface area (Å²) in [6.45, 7) is 13.0. The molecule has 0 saturated carbocycles. The van der Waals surface area contributed by atoms with Crippen LogP contribution in [0.1, 0.15) is 43.6 Å². The van der Waals surface area contributed by atoms with Crippen LogP contribution >= 0.6 is 0 Å². The van der Waals surface area contributed by atoms with Crippen LogP contribution in [0.5, 0.6) is 0 Å². The molecule has 4 nitrogen and oxygen atoms in total. The Morgan fingerprint density at radius 1 is 1.10 bits per heavy atom. The van der Waals surface area contributed by atoms with E-state index < -0.39 is 0 Å². The van der Waals surface area contributed by atoms with Gasteiger partial charge in [0.05, 0.1) is 0 Å². The number of rotatable bonds is 6. The third-order valence-electron chi connectivity index (χ3n) is 3.90. The van der Waals surface area contributed by atoms with Gasteiger partial charge in [0, 0.05) is 24.5 Å². The van der Waals surface area contributed by atoms with Gasteiger partial charge in [-0.25, -0.2) is 9.97 Å². The fraction of sp³-hybridized carbons (Fsp3) is 0.750. The molecule has 2 rings (SSSR count). The summed E-state index contributed by atoms with van der Waals surface area (Å²) in [5.41, 5.74) is 3.60. The molecular weight excluding hydrogens is 248 g/mol. The normalized spacial score (nSPS) is 15.3. The average molecular weight is 276 g/mol. The van der Waals surface area contributed by atoms with Gasteiger partial charge >= 0.3 is 0 Å². The van der Waals surface area contributed by atoms with Crippen LogP contribution in [0.2, 0.25) is 0 Å². The van der Waals surface area contributed by atoms with Crippen molar-refractivity contribution >= 4 is 5.95 Å². The minimum absolute atomic E-state index is 0.700. The van der Waals surface area contributed by atoms with E-state index in [2.05, 4.69) is 37.9 Å². The number of hydrogen-bond donors (Lipinski definition) is 1. The molecule has 0 aliphatic carbocycles. The fourth-order valence-corrected chi connectivity index (χ4v) is 2.75. The predicted molar refractivity (Wildman–Crippen MR) is 84.4 cm³/mol. The number of aromatic nitrogens is 2. The zero-order valence-electron chi connectivity index (χ0n) is 13.4. The lowest BCUT2D eigenvalue weighted by molar-refractivity contribution is 0.553. The summed E-state index contributed by atoms with van der Waals surface area (Å²) in [6.07, 6.45) is 3.55. The lowest BCUT2D eigenvalue weighted by Crippen LogP contribution is -2.24. The van der Waals surface area contributed by atoms with Crippen LogP contribution < -0.4 is 10.2 Å². The highest BCUT2D eigenvalue weighted by Gasteiger charge is 2.17. The Balaban J connectivity index is 1.99. The Kier molecular flexibility index (Phi) is 5.35. The molecule has 1 aliphatic rings. The van der Waals surface area contributed by atoms with Gasteiger partial charge in [0.2, 0.25) is 5.95 Å². The van der Waals surface area contributed by atoms with Crippen molar-refractivity contribution in [3.8, 4) is 0 Å². The molecule has 4 heteroatoms. The first-order valence-electron chi connectivity index (χ1n) is 7.87. The van der Waals surface area contributed by atoms with E-state index in [0.29, 0.717) is 5.92 Å². The minimum atomic E-state index is 0.700. The molecule has 2 heterocycles. The Morgan fingerprint density at radius 3 is 2.25 bits per heavy atom. The van der Waals surface area contributed by atoms with Crippen molar-refractivity contribution in [2.75, 3.05) is 31.1 Å². The predicted octanol–water partition coefficient (Wildman–Crippen LogP) is 2.48. The first-order chi connectivity index (χ1) is 9.58. The average Bonchev–Trinajstić information content (AvgIpc) is 2.90. The monoisotopic (exact) mass is 276 g/mol. The van der Waals surface area contributed by atoms with Gasteiger partial charge in [-0.05, 0) is 57.7 Å². The molecule has 1 saturated heterocycles. The molecule has 1 fully saturated rings. The van der Waals surface area contributed by atoms with Gasteiger partial charge in [-0.3, -0.25) is 0 Å². The molecule has 1 aromatic heterocycles. The van der Waals surface area contributed by atoms with E-state index in [1.165, 1.54) is 18.4 Å². The lowest BCUT2D eigenvalue weighted by atomic mass is 10.1. The summed E-state index contributed by atoms with van der Waals surface area (Å²) >= 11 is 0. The summed E-state index contributed by atoms with van der Waals surface area (Å²) in [4.78, 5) is 11.7. The summed E-state index contributed by atoms with van der Waals surface area (Å²) in [5.74, 6) is 1.63. The molecule has 0 aromatic carbocycles. The zero-order chi connectivity index (χ0) is 14.5. The van der Waals surface area contributed by atoms with Crippen LogP contribution in [0, 0.1) is 19.8 Å². The van der Waals surface area contributed by atoms with Crippen LogP contribution in [0.3, 0.4) is 0 Å². The first-order valence-corrected chi connectivity index (χ1v) is 7.87. The molecule has 0 unspecified atom stereocenters. The first kappa shape index (κ1) is 15.2. The van der Waals surface area contributed by atoms with Crippen molar-refractivity contribution in [2.24, 2.45) is 5.92 Å². The molecule has 1 aromatic rings. The zero-order valence-corrected chi connectivity index (χ0v) is 13.4. The van der Waals surface area contributed by atoms with Crippen LogP contribution in [0.25, 0.3) is 0 Å². The molecular formula is C16H28N4. The van der Waals surface area contributed by atoms with Gasteiger partial charge < -0.3 is 10.2 Å². The van der Waals surface area contributed by atoms with Gasteiger partial charge in [-0.2, -0.15) is 0 Å². The standard InChI is InChI=1S/C16H28N4/c1-12(2)11-17-8-7-15-13(3)18-16(19-14(15)4)20-9-5-6-10-20/h12,17H,5-11H2,1-4H3. The third kappa shape index (κ3) is 3.92. The van der Waals surface area contributed by atoms with Crippen LogP contribution in [0.15, 0.2) is 0 Å². The van der Waals surface area contributed by atoms with Crippen LogP contribution in [-0.2, 0) is 6.42 Å². The maximum Gasteiger partial charge on any atom is 0.225 e. The van der Waals surface area contributed by atoms with Crippen LogP contribution in [-0.4, -0.2) is 36.1 Å². The second-order valence-corrected chi connectivity index (χ2v) is 6.22. The largest absolute Gasteiger partial charge is 0.341 e. The number of nitrogens with one attached hydrogen (secondary N) is 1. The van der Waals surface area contributed by atoms with Gasteiger partial charge in [0.15, 0.2) is 0 Å². The van der Waals surface area contributed by atoms with Gasteiger partial charge in [-0.1, -0.05) is 13.8 Å². The van der Waals surface area contributed by atoms with Crippen molar-refractivity contribution in [3.63, 3.8) is 0 Å². The highest BCUT2D eigenvalue weighted by Crippen LogP contribution is 2.19. The van der Waals surface area contributed by atoms with E-state index in [-0.39, 0.29) is 0 Å². The number of aryl methyl sites for hydroxylation is 2. The summed E-state index contributed by atoms with van der Waals surface area (Å²) in [5, 5.41) is 3.49. The SMILES string of the molecule is Cc1nc(N2CCCC2)nc(C)c1CCNCC(C)C. The number of nitrogens with zero attached hydrogens (tertiary/aromatic N) is 3. The molecule has 0 amide bonds. The van der Waals surface area contributed by atoms with Crippen molar-refractivity contribution in [3.05, 3.63) is 17.0 Å². The topological polar surface area (TPSA) is 41.1 Å². The van der Waals surface area contributed by atoms with E-state index in [1.54, 1.807) is 0 Å². The Bertz CT molecular complexity index is 413. The van der Waals surface area contributed by atoms with Gasteiger partial charge in [0.1, 0.15) is 0 Å². The van der Waals surface area contributed by atoms with E-state index in [1.807, 2.05) is 0 Å². The van der Waals surface area contributed by atoms with Crippen molar-refractivity contribution in [1.29, 1.82) is 0 Å². The highest BCUT2D eigenvalue weighted by molar-refractivity contribution is 5.37. The lowest BCUT2D eigenvalue weighted by Gasteiger charge is -2.18. The Labute approximate surface area is 123 Å². The fourth-order valence-electron chi connectivity index (χ4n) is 2.75. The summed E-state index contributed by atoms with van der Waals surface area (Å²) < 4.78 is 0. The highest BCUT2D eigenvalue weighted by atomic mass is 15.3. The quantitative estimate of drug-likeness (QED) is 0.811. The van der Waals surface area contributed by atoms with Gasteiger partial charge in [-0.15, -0.1) is 0 Å². The molecule has 0 radical (unpaired) electrons. The third-order valence-corrected chi connectivity index (χ3v) is 3.90. The summed E-state index contributed by atoms with van der Waals surface area (Å²) in [6, 6.07) is 0. The maximum absolute atomic E-state index is 4.72. The molecule has 0 spiro atoms. The molecule has 0 atom stereocenters. The number of anilines is 1. The molecule has 20 heavy (non-hydrogen) atoms. The minimum Gasteiger partial charge on any atom is -0.341 e. The smallest absolute Gasteiger partial charge is 0.225 e. The molecule has 1 aliphatic heterocycles. The second-order valence-electron chi connectivity index (χ2n) is 6.22. The van der Waals surface area contributed by atoms with E-state index in [4.69, 9.17) is 9.97 Å². The van der Waals surface area contributed by atoms with Crippen molar-refractivity contribution in [1.82, 2.24) is 15.3 Å². The van der Waals surface area contributed by atoms with E-state index in [0.717, 1.165) is 49.9 Å². The van der Waals surface area contributed by atoms with Crippen LogP contribution in [0.4, 0.5) is 5.95 Å². The molecule has 1 N–H and O–H groups in total. The van der Waals surface area contributed by atoms with E-state index in [9.17, 15) is 0 Å². The van der Waals surface area contributed by atoms with E-state index >= 15 is 0 Å². The molecule has 0 bridgehead atoms. The van der Waals surface area contributed by atoms with Crippen molar-refractivity contribution < 1.29 is 0 Å². The summed E-state index contributed by atoms with van der Waals surface area (Å²) in [7, 11) is 0.